The second-order valence-electron chi connectivity index (χ2n) is 5.52. The fraction of sp³-hybridized carbons (Fsp3) is 1.00. The van der Waals surface area contributed by atoms with Gasteiger partial charge in [-0.25, -0.2) is 0 Å². The SMILES string of the molecule is CC1(CNC2CCCCC2CO)COC1. The monoisotopic (exact) mass is 213 g/mol. The van der Waals surface area contributed by atoms with E-state index >= 15 is 0 Å². The van der Waals surface area contributed by atoms with Crippen LogP contribution < -0.4 is 5.32 Å². The molecular formula is C12H23NO2. The molecule has 3 nitrogen and oxygen atoms in total. The molecule has 1 saturated carbocycles. The van der Waals surface area contributed by atoms with E-state index in [1.807, 2.05) is 0 Å². The van der Waals surface area contributed by atoms with E-state index in [9.17, 15) is 5.11 Å². The zero-order valence-electron chi connectivity index (χ0n) is 9.67. The van der Waals surface area contributed by atoms with Crippen LogP contribution in [0.3, 0.4) is 0 Å². The van der Waals surface area contributed by atoms with Gasteiger partial charge in [-0.1, -0.05) is 19.8 Å². The third-order valence-electron chi connectivity index (χ3n) is 3.84. The highest BCUT2D eigenvalue weighted by Gasteiger charge is 2.34. The van der Waals surface area contributed by atoms with Gasteiger partial charge in [0.15, 0.2) is 0 Å². The third-order valence-corrected chi connectivity index (χ3v) is 3.84. The van der Waals surface area contributed by atoms with E-state index in [0.29, 0.717) is 24.0 Å². The number of aliphatic hydroxyl groups is 1. The van der Waals surface area contributed by atoms with Crippen molar-refractivity contribution in [3.8, 4) is 0 Å². The van der Waals surface area contributed by atoms with Gasteiger partial charge in [-0.15, -0.1) is 0 Å². The summed E-state index contributed by atoms with van der Waals surface area (Å²) >= 11 is 0. The minimum Gasteiger partial charge on any atom is -0.396 e. The van der Waals surface area contributed by atoms with Crippen LogP contribution in [-0.4, -0.2) is 37.5 Å². The second-order valence-corrected chi connectivity index (χ2v) is 5.52. The standard InChI is InChI=1S/C12H23NO2/c1-12(8-15-9-12)7-13-11-5-3-2-4-10(11)6-14/h10-11,13-14H,2-9H2,1H3. The Morgan fingerprint density at radius 3 is 2.67 bits per heavy atom. The Kier molecular flexibility index (Phi) is 3.65. The molecule has 0 spiro atoms. The third kappa shape index (κ3) is 2.71. The second kappa shape index (κ2) is 4.81. The molecule has 2 atom stereocenters. The Balaban J connectivity index is 1.76. The number of hydrogen-bond acceptors (Lipinski definition) is 3. The smallest absolute Gasteiger partial charge is 0.0554 e. The van der Waals surface area contributed by atoms with E-state index in [1.54, 1.807) is 0 Å². The zero-order valence-corrected chi connectivity index (χ0v) is 9.67. The van der Waals surface area contributed by atoms with E-state index in [2.05, 4.69) is 12.2 Å². The lowest BCUT2D eigenvalue weighted by Crippen LogP contribution is -2.51. The van der Waals surface area contributed by atoms with Crippen molar-refractivity contribution in [1.29, 1.82) is 0 Å². The molecule has 2 aliphatic rings. The number of hydrogen-bond donors (Lipinski definition) is 2. The number of rotatable bonds is 4. The van der Waals surface area contributed by atoms with Crippen LogP contribution in [0.15, 0.2) is 0 Å². The van der Waals surface area contributed by atoms with Crippen molar-refractivity contribution >= 4 is 0 Å². The average molecular weight is 213 g/mol. The summed E-state index contributed by atoms with van der Waals surface area (Å²) in [5, 5.41) is 12.9. The van der Waals surface area contributed by atoms with Gasteiger partial charge in [-0.05, 0) is 18.8 Å². The summed E-state index contributed by atoms with van der Waals surface area (Å²) in [6.07, 6.45) is 4.99. The highest BCUT2D eigenvalue weighted by atomic mass is 16.5. The predicted molar refractivity (Wildman–Crippen MR) is 59.8 cm³/mol. The summed E-state index contributed by atoms with van der Waals surface area (Å²) < 4.78 is 5.24. The van der Waals surface area contributed by atoms with Crippen LogP contribution in [0.4, 0.5) is 0 Å². The van der Waals surface area contributed by atoms with Gasteiger partial charge < -0.3 is 15.2 Å². The molecule has 88 valence electrons. The minimum absolute atomic E-state index is 0.338. The molecule has 2 rings (SSSR count). The molecule has 0 amide bonds. The van der Waals surface area contributed by atoms with Crippen LogP contribution in [0.2, 0.25) is 0 Å². The maximum absolute atomic E-state index is 9.30. The first-order valence-electron chi connectivity index (χ1n) is 6.15. The van der Waals surface area contributed by atoms with Gasteiger partial charge in [-0.2, -0.15) is 0 Å². The maximum atomic E-state index is 9.30. The van der Waals surface area contributed by atoms with Crippen molar-refractivity contribution in [2.45, 2.75) is 38.6 Å². The fourth-order valence-corrected chi connectivity index (χ4v) is 2.62. The Morgan fingerprint density at radius 2 is 2.07 bits per heavy atom. The summed E-state index contributed by atoms with van der Waals surface area (Å²) in [5.41, 5.74) is 0.345. The lowest BCUT2D eigenvalue weighted by molar-refractivity contribution is -0.101. The first-order chi connectivity index (χ1) is 7.23. The van der Waals surface area contributed by atoms with Crippen molar-refractivity contribution in [2.75, 3.05) is 26.4 Å². The van der Waals surface area contributed by atoms with Gasteiger partial charge >= 0.3 is 0 Å². The lowest BCUT2D eigenvalue weighted by Gasteiger charge is -2.41. The minimum atomic E-state index is 0.338. The van der Waals surface area contributed by atoms with Crippen molar-refractivity contribution in [3.05, 3.63) is 0 Å². The van der Waals surface area contributed by atoms with E-state index in [0.717, 1.165) is 19.8 Å². The van der Waals surface area contributed by atoms with Gasteiger partial charge in [0.2, 0.25) is 0 Å². The molecule has 0 bridgehead atoms. The van der Waals surface area contributed by atoms with Gasteiger partial charge in [-0.3, -0.25) is 0 Å². The number of ether oxygens (including phenoxy) is 1. The Morgan fingerprint density at radius 1 is 1.33 bits per heavy atom. The molecule has 0 aromatic carbocycles. The highest BCUT2D eigenvalue weighted by molar-refractivity contribution is 4.87. The molecule has 0 aromatic heterocycles. The maximum Gasteiger partial charge on any atom is 0.0554 e. The molecule has 15 heavy (non-hydrogen) atoms. The van der Waals surface area contributed by atoms with E-state index in [4.69, 9.17) is 4.74 Å². The summed E-state index contributed by atoms with van der Waals surface area (Å²) in [4.78, 5) is 0. The zero-order chi connectivity index (χ0) is 10.7. The summed E-state index contributed by atoms with van der Waals surface area (Å²) in [7, 11) is 0. The Bertz CT molecular complexity index is 204. The summed E-state index contributed by atoms with van der Waals surface area (Å²) in [5.74, 6) is 0.475. The molecule has 1 saturated heterocycles. The van der Waals surface area contributed by atoms with Crippen LogP contribution in [0.5, 0.6) is 0 Å². The molecule has 2 fully saturated rings. The van der Waals surface area contributed by atoms with Crippen molar-refractivity contribution in [3.63, 3.8) is 0 Å². The van der Waals surface area contributed by atoms with Gasteiger partial charge in [0.25, 0.3) is 0 Å². The van der Waals surface area contributed by atoms with Crippen LogP contribution in [0, 0.1) is 11.3 Å². The van der Waals surface area contributed by atoms with Crippen molar-refractivity contribution < 1.29 is 9.84 Å². The number of aliphatic hydroxyl groups excluding tert-OH is 1. The summed E-state index contributed by atoms with van der Waals surface area (Å²) in [6, 6.07) is 0.529. The van der Waals surface area contributed by atoms with Gasteiger partial charge in [0.1, 0.15) is 0 Å². The van der Waals surface area contributed by atoms with Crippen LogP contribution in [-0.2, 0) is 4.74 Å². The first-order valence-corrected chi connectivity index (χ1v) is 6.15. The Labute approximate surface area is 92.2 Å². The van der Waals surface area contributed by atoms with E-state index in [1.165, 1.54) is 25.7 Å². The van der Waals surface area contributed by atoms with Crippen LogP contribution in [0.1, 0.15) is 32.6 Å². The van der Waals surface area contributed by atoms with Crippen LogP contribution >= 0.6 is 0 Å². The predicted octanol–water partition coefficient (Wildman–Crippen LogP) is 1.16. The molecule has 3 heteroatoms. The topological polar surface area (TPSA) is 41.5 Å². The molecule has 2 N–H and O–H groups in total. The normalized spacial score (nSPS) is 34.8. The van der Waals surface area contributed by atoms with Gasteiger partial charge in [0.05, 0.1) is 13.2 Å². The quantitative estimate of drug-likeness (QED) is 0.736. The van der Waals surface area contributed by atoms with Crippen molar-refractivity contribution in [2.24, 2.45) is 11.3 Å². The first kappa shape index (κ1) is 11.4. The molecular weight excluding hydrogens is 190 g/mol. The summed E-state index contributed by atoms with van der Waals surface area (Å²) in [6.45, 7) is 5.41. The molecule has 2 unspecified atom stereocenters. The molecule has 0 radical (unpaired) electrons. The average Bonchev–Trinajstić information content (AvgIpc) is 2.24. The van der Waals surface area contributed by atoms with E-state index in [-0.39, 0.29) is 0 Å². The van der Waals surface area contributed by atoms with Crippen molar-refractivity contribution in [1.82, 2.24) is 5.32 Å². The lowest BCUT2D eigenvalue weighted by atomic mass is 9.83. The molecule has 1 heterocycles. The van der Waals surface area contributed by atoms with Crippen LogP contribution in [0.25, 0.3) is 0 Å². The molecule has 0 aromatic rings. The number of nitrogens with one attached hydrogen (secondary N) is 1. The Hall–Kier alpha value is -0.120. The van der Waals surface area contributed by atoms with Gasteiger partial charge in [0, 0.05) is 24.6 Å². The largest absolute Gasteiger partial charge is 0.396 e. The highest BCUT2D eigenvalue weighted by Crippen LogP contribution is 2.28. The molecule has 1 aliphatic heterocycles. The fourth-order valence-electron chi connectivity index (χ4n) is 2.62. The van der Waals surface area contributed by atoms with E-state index < -0.39 is 0 Å². The molecule has 1 aliphatic carbocycles.